The number of halogens is 6. The molecule has 17 heavy (non-hydrogen) atoms. The fourth-order valence-corrected chi connectivity index (χ4v) is 3.86. The van der Waals surface area contributed by atoms with Crippen LogP contribution < -0.4 is 0 Å². The molecule has 0 saturated carbocycles. The smallest absolute Gasteiger partial charge is 0.193 e. The highest BCUT2D eigenvalue weighted by atomic mass is 79.9. The normalized spacial score (nSPS) is 15.7. The molecule has 0 bridgehead atoms. The predicted molar refractivity (Wildman–Crippen MR) is 84.4 cm³/mol. The molecule has 0 amide bonds. The molecule has 0 heterocycles. The number of hydrogen-bond donors (Lipinski definition) is 1. The first-order valence-corrected chi connectivity index (χ1v) is 8.32. The van der Waals surface area contributed by atoms with E-state index in [4.69, 9.17) is 34.8 Å². The van der Waals surface area contributed by atoms with Crippen LogP contribution in [0.4, 0.5) is 0 Å². The average molecular weight is 490 g/mol. The van der Waals surface area contributed by atoms with E-state index in [0.717, 1.165) is 8.95 Å². The molecular weight excluding hydrogens is 482 g/mol. The Kier molecular flexibility index (Phi) is 6.12. The Morgan fingerprint density at radius 2 is 1.53 bits per heavy atom. The molecule has 7 heteroatoms. The standard InChI is InChI=1S/C10H8Br3Cl3O/c11-5-9(17,4-10(14,15)16)6-1-7(12)3-8(13)2-6/h1-3,17H,4-5H2. The molecule has 0 fully saturated rings. The van der Waals surface area contributed by atoms with Gasteiger partial charge in [-0.2, -0.15) is 0 Å². The number of benzene rings is 1. The Labute approximate surface area is 140 Å². The van der Waals surface area contributed by atoms with E-state index in [1.807, 2.05) is 6.07 Å². The second kappa shape index (κ2) is 6.29. The summed E-state index contributed by atoms with van der Waals surface area (Å²) in [5.74, 6) is 0. The Balaban J connectivity index is 3.15. The fourth-order valence-electron chi connectivity index (χ4n) is 1.38. The summed E-state index contributed by atoms with van der Waals surface area (Å²) >= 11 is 27.2. The maximum absolute atomic E-state index is 10.5. The van der Waals surface area contributed by atoms with Crippen molar-refractivity contribution in [3.05, 3.63) is 32.7 Å². The van der Waals surface area contributed by atoms with E-state index in [-0.39, 0.29) is 11.8 Å². The van der Waals surface area contributed by atoms with E-state index in [1.165, 1.54) is 0 Å². The second-order valence-corrected chi connectivity index (χ2v) is 8.52. The van der Waals surface area contributed by atoms with Crippen molar-refractivity contribution in [2.45, 2.75) is 15.8 Å². The lowest BCUT2D eigenvalue weighted by molar-refractivity contribution is 0.0555. The van der Waals surface area contributed by atoms with Crippen LogP contribution in [-0.4, -0.2) is 14.2 Å². The summed E-state index contributed by atoms with van der Waals surface area (Å²) in [6, 6.07) is 5.46. The highest BCUT2D eigenvalue weighted by molar-refractivity contribution is 9.11. The quantitative estimate of drug-likeness (QED) is 0.551. The van der Waals surface area contributed by atoms with Crippen LogP contribution >= 0.6 is 82.6 Å². The lowest BCUT2D eigenvalue weighted by Gasteiger charge is -2.30. The molecule has 1 N–H and O–H groups in total. The summed E-state index contributed by atoms with van der Waals surface area (Å²) < 4.78 is 0.160. The largest absolute Gasteiger partial charge is 0.384 e. The first-order valence-electron chi connectivity index (χ1n) is 4.48. The van der Waals surface area contributed by atoms with E-state index >= 15 is 0 Å². The maximum Gasteiger partial charge on any atom is 0.193 e. The van der Waals surface area contributed by atoms with Gasteiger partial charge in [0.05, 0.1) is 0 Å². The van der Waals surface area contributed by atoms with E-state index in [1.54, 1.807) is 12.1 Å². The summed E-state index contributed by atoms with van der Waals surface area (Å²) in [5, 5.41) is 10.8. The minimum absolute atomic E-state index is 0.00118. The number of alkyl halides is 4. The van der Waals surface area contributed by atoms with Crippen molar-refractivity contribution in [3.63, 3.8) is 0 Å². The summed E-state index contributed by atoms with van der Waals surface area (Å²) in [4.78, 5) is 0. The third kappa shape index (κ3) is 5.17. The Morgan fingerprint density at radius 1 is 1.06 bits per heavy atom. The van der Waals surface area contributed by atoms with Crippen molar-refractivity contribution in [2.75, 3.05) is 5.33 Å². The molecule has 0 aliphatic carbocycles. The summed E-state index contributed by atoms with van der Waals surface area (Å²) in [6.07, 6.45) is -0.00118. The molecule has 0 aromatic heterocycles. The van der Waals surface area contributed by atoms with Gasteiger partial charge in [0.25, 0.3) is 0 Å². The molecule has 0 aliphatic rings. The third-order valence-corrected chi connectivity index (χ3v) is 4.36. The van der Waals surface area contributed by atoms with E-state index < -0.39 is 9.39 Å². The molecule has 1 unspecified atom stereocenters. The van der Waals surface area contributed by atoms with Crippen LogP contribution in [0.25, 0.3) is 0 Å². The minimum atomic E-state index is -1.52. The first-order chi connectivity index (χ1) is 7.66. The van der Waals surface area contributed by atoms with Gasteiger partial charge in [-0.25, -0.2) is 0 Å². The first kappa shape index (κ1) is 16.5. The van der Waals surface area contributed by atoms with Gasteiger partial charge in [-0.05, 0) is 23.8 Å². The van der Waals surface area contributed by atoms with Crippen LogP contribution in [-0.2, 0) is 5.60 Å². The van der Waals surface area contributed by atoms with Gasteiger partial charge in [0.2, 0.25) is 0 Å². The third-order valence-electron chi connectivity index (χ3n) is 2.11. The topological polar surface area (TPSA) is 20.2 Å². The molecule has 0 saturated heterocycles. The van der Waals surface area contributed by atoms with Gasteiger partial charge in [0.1, 0.15) is 5.60 Å². The highest BCUT2D eigenvalue weighted by Crippen LogP contribution is 2.41. The van der Waals surface area contributed by atoms with Crippen LogP contribution in [0.1, 0.15) is 12.0 Å². The zero-order chi connectivity index (χ0) is 13.3. The highest BCUT2D eigenvalue weighted by Gasteiger charge is 2.37. The van der Waals surface area contributed by atoms with Gasteiger partial charge >= 0.3 is 0 Å². The van der Waals surface area contributed by atoms with Crippen molar-refractivity contribution < 1.29 is 5.11 Å². The van der Waals surface area contributed by atoms with Crippen molar-refractivity contribution in [1.29, 1.82) is 0 Å². The van der Waals surface area contributed by atoms with Gasteiger partial charge < -0.3 is 5.11 Å². The molecular formula is C10H8Br3Cl3O. The van der Waals surface area contributed by atoms with Crippen LogP contribution in [0, 0.1) is 0 Å². The van der Waals surface area contributed by atoms with Gasteiger partial charge in [-0.1, -0.05) is 82.6 Å². The Morgan fingerprint density at radius 3 is 1.88 bits per heavy atom. The lowest BCUT2D eigenvalue weighted by atomic mass is 9.93. The molecule has 0 aliphatic heterocycles. The summed E-state index contributed by atoms with van der Waals surface area (Å²) in [7, 11) is 0. The fraction of sp³-hybridized carbons (Fsp3) is 0.400. The Hall–Kier alpha value is 1.49. The van der Waals surface area contributed by atoms with Crippen molar-refractivity contribution in [1.82, 2.24) is 0 Å². The molecule has 1 aromatic rings. The monoisotopic (exact) mass is 486 g/mol. The number of hydrogen-bond acceptors (Lipinski definition) is 1. The van der Waals surface area contributed by atoms with Gasteiger partial charge in [0.15, 0.2) is 3.79 Å². The van der Waals surface area contributed by atoms with Crippen LogP contribution in [0.3, 0.4) is 0 Å². The van der Waals surface area contributed by atoms with Crippen molar-refractivity contribution in [2.24, 2.45) is 0 Å². The van der Waals surface area contributed by atoms with E-state index in [2.05, 4.69) is 47.8 Å². The molecule has 1 nitrogen and oxygen atoms in total. The van der Waals surface area contributed by atoms with Crippen molar-refractivity contribution in [3.8, 4) is 0 Å². The lowest BCUT2D eigenvalue weighted by Crippen LogP contribution is -2.32. The van der Waals surface area contributed by atoms with Crippen LogP contribution in [0.5, 0.6) is 0 Å². The van der Waals surface area contributed by atoms with Crippen LogP contribution in [0.2, 0.25) is 0 Å². The molecule has 0 spiro atoms. The van der Waals surface area contributed by atoms with Crippen molar-refractivity contribution >= 4 is 82.6 Å². The summed E-state index contributed by atoms with van der Waals surface area (Å²) in [5.41, 5.74) is -0.570. The maximum atomic E-state index is 10.5. The molecule has 1 rings (SSSR count). The van der Waals surface area contributed by atoms with E-state index in [0.29, 0.717) is 5.56 Å². The number of aliphatic hydroxyl groups is 1. The zero-order valence-corrected chi connectivity index (χ0v) is 15.4. The SMILES string of the molecule is OC(CBr)(CC(Cl)(Cl)Cl)c1cc(Br)cc(Br)c1. The number of rotatable bonds is 3. The van der Waals surface area contributed by atoms with Gasteiger partial charge in [-0.3, -0.25) is 0 Å². The molecule has 1 aromatic carbocycles. The predicted octanol–water partition coefficient (Wildman–Crippen LogP) is 5.55. The second-order valence-electron chi connectivity index (χ2n) is 3.62. The molecule has 1 atom stereocenters. The van der Waals surface area contributed by atoms with Gasteiger partial charge in [0, 0.05) is 20.7 Å². The summed E-state index contributed by atoms with van der Waals surface area (Å²) in [6.45, 7) is 0. The molecule has 0 radical (unpaired) electrons. The van der Waals surface area contributed by atoms with E-state index in [9.17, 15) is 5.11 Å². The minimum Gasteiger partial charge on any atom is -0.384 e. The Bertz CT molecular complexity index is 388. The molecule has 96 valence electrons. The van der Waals surface area contributed by atoms with Gasteiger partial charge in [-0.15, -0.1) is 0 Å². The van der Waals surface area contributed by atoms with Crippen LogP contribution in [0.15, 0.2) is 27.1 Å². The zero-order valence-electron chi connectivity index (χ0n) is 8.36. The average Bonchev–Trinajstić information content (AvgIpc) is 2.13.